The average molecular weight is 560 g/mol. The Labute approximate surface area is 247 Å². The number of hydrogen-bond donors (Lipinski definition) is 0. The molecule has 0 bridgehead atoms. The highest BCUT2D eigenvalue weighted by atomic mass is 16.6. The molecule has 7 aromatic rings. The molecule has 2 heterocycles. The number of fused-ring (bicyclic) bond motifs is 6. The standard InChI is InChI=1S/C37H25N3O3/c1-37(2)29-17-8-6-13-24(29)25-20-19-23(21-30(25)37)35-38-33(22-11-4-3-5-12-22)32-28-16-10-15-27(34(28)43-36(32)39-35)26-14-7-9-18-31(26)40(41)42/h3-21H,1-2H3. The van der Waals surface area contributed by atoms with E-state index >= 15 is 0 Å². The molecule has 0 N–H and O–H groups in total. The van der Waals surface area contributed by atoms with E-state index in [0.717, 1.165) is 27.6 Å². The van der Waals surface area contributed by atoms with E-state index in [2.05, 4.69) is 56.3 Å². The first-order chi connectivity index (χ1) is 20.9. The van der Waals surface area contributed by atoms with E-state index in [0.29, 0.717) is 28.2 Å². The van der Waals surface area contributed by atoms with Crippen LogP contribution in [0.5, 0.6) is 0 Å². The summed E-state index contributed by atoms with van der Waals surface area (Å²) < 4.78 is 6.51. The summed E-state index contributed by atoms with van der Waals surface area (Å²) in [5, 5.41) is 13.5. The number of nitro benzene ring substituents is 1. The number of aromatic nitrogens is 2. The Bertz CT molecular complexity index is 2250. The highest BCUT2D eigenvalue weighted by Crippen LogP contribution is 2.49. The van der Waals surface area contributed by atoms with Crippen LogP contribution < -0.4 is 0 Å². The molecule has 0 atom stereocenters. The maximum Gasteiger partial charge on any atom is 0.277 e. The van der Waals surface area contributed by atoms with Crippen LogP contribution >= 0.6 is 0 Å². The van der Waals surface area contributed by atoms with E-state index in [-0.39, 0.29) is 16.0 Å². The zero-order chi connectivity index (χ0) is 29.3. The molecule has 1 aliphatic rings. The van der Waals surface area contributed by atoms with Crippen LogP contribution in [-0.2, 0) is 5.41 Å². The van der Waals surface area contributed by atoms with Gasteiger partial charge < -0.3 is 4.42 Å². The van der Waals surface area contributed by atoms with Crippen molar-refractivity contribution < 1.29 is 9.34 Å². The molecule has 0 amide bonds. The highest BCUT2D eigenvalue weighted by molar-refractivity contribution is 6.14. The SMILES string of the molecule is CC1(C)c2ccccc2-c2ccc(-c3nc(-c4ccccc4)c4c(n3)oc3c(-c5ccccc5[N+](=O)[O-])cccc34)cc21. The van der Waals surface area contributed by atoms with Crippen molar-refractivity contribution in [1.29, 1.82) is 0 Å². The van der Waals surface area contributed by atoms with Gasteiger partial charge in [0.05, 0.1) is 21.6 Å². The summed E-state index contributed by atoms with van der Waals surface area (Å²) in [6.07, 6.45) is 0. The van der Waals surface area contributed by atoms with Crippen molar-refractivity contribution in [2.45, 2.75) is 19.3 Å². The molecule has 0 saturated carbocycles. The number of benzene rings is 5. The summed E-state index contributed by atoms with van der Waals surface area (Å²) in [7, 11) is 0. The Morgan fingerprint density at radius 1 is 0.674 bits per heavy atom. The molecule has 0 aliphatic heterocycles. The van der Waals surface area contributed by atoms with Crippen LogP contribution in [0.15, 0.2) is 120 Å². The topological polar surface area (TPSA) is 82.1 Å². The van der Waals surface area contributed by atoms with Crippen molar-refractivity contribution in [1.82, 2.24) is 9.97 Å². The van der Waals surface area contributed by atoms with E-state index in [4.69, 9.17) is 14.4 Å². The van der Waals surface area contributed by atoms with Gasteiger partial charge in [0.1, 0.15) is 5.58 Å². The van der Waals surface area contributed by atoms with Crippen molar-refractivity contribution in [3.8, 4) is 44.9 Å². The lowest BCUT2D eigenvalue weighted by atomic mass is 9.82. The van der Waals surface area contributed by atoms with Crippen molar-refractivity contribution in [2.75, 3.05) is 0 Å². The molecule has 5 aromatic carbocycles. The molecule has 0 radical (unpaired) electrons. The first-order valence-corrected chi connectivity index (χ1v) is 14.2. The molecule has 43 heavy (non-hydrogen) atoms. The van der Waals surface area contributed by atoms with Crippen LogP contribution in [-0.4, -0.2) is 14.9 Å². The van der Waals surface area contributed by atoms with E-state index < -0.39 is 0 Å². The second-order valence-electron chi connectivity index (χ2n) is 11.4. The third-order valence-corrected chi connectivity index (χ3v) is 8.64. The van der Waals surface area contributed by atoms with Gasteiger partial charge in [-0.25, -0.2) is 4.98 Å². The van der Waals surface area contributed by atoms with Gasteiger partial charge in [0, 0.05) is 33.6 Å². The molecule has 2 aromatic heterocycles. The Morgan fingerprint density at radius 3 is 2.19 bits per heavy atom. The first kappa shape index (κ1) is 25.1. The van der Waals surface area contributed by atoms with Crippen molar-refractivity contribution >= 4 is 27.8 Å². The van der Waals surface area contributed by atoms with Gasteiger partial charge in [0.15, 0.2) is 5.82 Å². The van der Waals surface area contributed by atoms with Crippen LogP contribution in [0.1, 0.15) is 25.0 Å². The minimum Gasteiger partial charge on any atom is -0.437 e. The molecule has 6 heteroatoms. The van der Waals surface area contributed by atoms with E-state index in [1.165, 1.54) is 28.3 Å². The largest absolute Gasteiger partial charge is 0.437 e. The van der Waals surface area contributed by atoms with Gasteiger partial charge in [-0.15, -0.1) is 0 Å². The number of nitrogens with zero attached hydrogens (tertiary/aromatic N) is 3. The Hall–Kier alpha value is -5.62. The fourth-order valence-electron chi connectivity index (χ4n) is 6.55. The molecular weight excluding hydrogens is 534 g/mol. The predicted octanol–water partition coefficient (Wildman–Crippen LogP) is 9.59. The van der Waals surface area contributed by atoms with Crippen LogP contribution in [0.25, 0.3) is 67.0 Å². The van der Waals surface area contributed by atoms with Crippen molar-refractivity contribution in [3.05, 3.63) is 137 Å². The number of hydrogen-bond acceptors (Lipinski definition) is 5. The van der Waals surface area contributed by atoms with Crippen LogP contribution in [0.2, 0.25) is 0 Å². The summed E-state index contributed by atoms with van der Waals surface area (Å²) in [5.41, 5.74) is 9.59. The summed E-state index contributed by atoms with van der Waals surface area (Å²) in [4.78, 5) is 21.7. The van der Waals surface area contributed by atoms with Gasteiger partial charge in [-0.3, -0.25) is 10.1 Å². The number of rotatable bonds is 4. The van der Waals surface area contributed by atoms with Gasteiger partial charge in [-0.1, -0.05) is 111 Å². The fraction of sp³-hybridized carbons (Fsp3) is 0.0811. The second kappa shape index (κ2) is 9.19. The van der Waals surface area contributed by atoms with Gasteiger partial charge in [0.2, 0.25) is 5.71 Å². The van der Waals surface area contributed by atoms with E-state index in [1.807, 2.05) is 48.5 Å². The van der Waals surface area contributed by atoms with Gasteiger partial charge in [-0.2, -0.15) is 4.98 Å². The normalized spacial score (nSPS) is 13.3. The summed E-state index contributed by atoms with van der Waals surface area (Å²) in [5.74, 6) is 0.562. The summed E-state index contributed by atoms with van der Waals surface area (Å²) in [6.45, 7) is 4.51. The molecule has 0 saturated heterocycles. The molecule has 206 valence electrons. The Kier molecular flexibility index (Phi) is 5.37. The predicted molar refractivity (Wildman–Crippen MR) is 170 cm³/mol. The van der Waals surface area contributed by atoms with Crippen LogP contribution in [0.4, 0.5) is 5.69 Å². The molecular formula is C37H25N3O3. The highest BCUT2D eigenvalue weighted by Gasteiger charge is 2.35. The maximum atomic E-state index is 11.9. The molecule has 0 spiro atoms. The summed E-state index contributed by atoms with van der Waals surface area (Å²) in [6, 6.07) is 37.4. The molecule has 1 aliphatic carbocycles. The first-order valence-electron chi connectivity index (χ1n) is 14.2. The average Bonchev–Trinajstić information content (AvgIpc) is 3.53. The van der Waals surface area contributed by atoms with Crippen molar-refractivity contribution in [2.24, 2.45) is 0 Å². The van der Waals surface area contributed by atoms with Gasteiger partial charge >= 0.3 is 0 Å². The molecule has 8 rings (SSSR count). The van der Waals surface area contributed by atoms with Crippen LogP contribution in [0, 0.1) is 10.1 Å². The lowest BCUT2D eigenvalue weighted by Crippen LogP contribution is -2.15. The van der Waals surface area contributed by atoms with Crippen LogP contribution in [0.3, 0.4) is 0 Å². The lowest BCUT2D eigenvalue weighted by molar-refractivity contribution is -0.384. The van der Waals surface area contributed by atoms with Crippen molar-refractivity contribution in [3.63, 3.8) is 0 Å². The molecule has 0 unspecified atom stereocenters. The quantitative estimate of drug-likeness (QED) is 0.158. The minimum atomic E-state index is -0.363. The maximum absolute atomic E-state index is 11.9. The number of furan rings is 1. The van der Waals surface area contributed by atoms with E-state index in [9.17, 15) is 10.1 Å². The second-order valence-corrected chi connectivity index (χ2v) is 11.4. The molecule has 6 nitrogen and oxygen atoms in total. The number of nitro groups is 1. The Morgan fingerprint density at radius 2 is 1.37 bits per heavy atom. The fourth-order valence-corrected chi connectivity index (χ4v) is 6.55. The van der Waals surface area contributed by atoms with Gasteiger partial charge in [0.25, 0.3) is 5.69 Å². The lowest BCUT2D eigenvalue weighted by Gasteiger charge is -2.21. The zero-order valence-electron chi connectivity index (χ0n) is 23.5. The Balaban J connectivity index is 1.39. The third kappa shape index (κ3) is 3.73. The minimum absolute atomic E-state index is 0.0206. The molecule has 0 fully saturated rings. The van der Waals surface area contributed by atoms with Gasteiger partial charge in [-0.05, 0) is 34.4 Å². The smallest absolute Gasteiger partial charge is 0.277 e. The third-order valence-electron chi connectivity index (χ3n) is 8.64. The van der Waals surface area contributed by atoms with E-state index in [1.54, 1.807) is 18.2 Å². The monoisotopic (exact) mass is 559 g/mol. The summed E-state index contributed by atoms with van der Waals surface area (Å²) >= 11 is 0. The zero-order valence-corrected chi connectivity index (χ0v) is 23.5. The number of para-hydroxylation sites is 2.